The van der Waals surface area contributed by atoms with Gasteiger partial charge in [-0.2, -0.15) is 0 Å². The van der Waals surface area contributed by atoms with E-state index in [2.05, 4.69) is 49.8 Å². The number of nitrogens with zero attached hydrogens (tertiary/aromatic N) is 3. The van der Waals surface area contributed by atoms with E-state index in [-0.39, 0.29) is 6.61 Å². The number of aliphatic hydroxyl groups excluding tert-OH is 1. The van der Waals surface area contributed by atoms with Crippen LogP contribution in [-0.2, 0) is 6.61 Å². The lowest BCUT2D eigenvalue weighted by molar-refractivity contribution is 0.265. The van der Waals surface area contributed by atoms with E-state index in [9.17, 15) is 5.11 Å². The first-order valence-electron chi connectivity index (χ1n) is 6.01. The van der Waals surface area contributed by atoms with Gasteiger partial charge < -0.3 is 9.67 Å². The topological polar surface area (TPSA) is 50.9 Å². The fourth-order valence-electron chi connectivity index (χ4n) is 2.21. The van der Waals surface area contributed by atoms with E-state index in [4.69, 9.17) is 0 Å². The summed E-state index contributed by atoms with van der Waals surface area (Å²) in [5, 5.41) is 17.6. The van der Waals surface area contributed by atoms with Gasteiger partial charge in [0.2, 0.25) is 0 Å². The van der Waals surface area contributed by atoms with Crippen molar-refractivity contribution in [2.45, 2.75) is 32.4 Å². The molecule has 1 aromatic heterocycles. The lowest BCUT2D eigenvalue weighted by Gasteiger charge is -2.08. The molecule has 0 atom stereocenters. The van der Waals surface area contributed by atoms with Crippen LogP contribution in [0.25, 0.3) is 11.4 Å². The number of aryl methyl sites for hydroxylation is 1. The van der Waals surface area contributed by atoms with Crippen molar-refractivity contribution in [3.8, 4) is 11.4 Å². The highest BCUT2D eigenvalue weighted by atomic mass is 79.9. The van der Waals surface area contributed by atoms with Crippen LogP contribution in [0.15, 0.2) is 22.7 Å². The molecule has 1 N–H and O–H groups in total. The molecule has 3 rings (SSSR count). The van der Waals surface area contributed by atoms with Gasteiger partial charge in [0.05, 0.1) is 0 Å². The number of halogens is 1. The van der Waals surface area contributed by atoms with Gasteiger partial charge in [0.25, 0.3) is 0 Å². The zero-order valence-corrected chi connectivity index (χ0v) is 11.7. The Morgan fingerprint density at radius 2 is 2.11 bits per heavy atom. The SMILES string of the molecule is Cc1cc(Br)cc(-c2nnc(CO)n2C2CC2)c1. The summed E-state index contributed by atoms with van der Waals surface area (Å²) in [6.45, 7) is 2.00. The summed E-state index contributed by atoms with van der Waals surface area (Å²) in [7, 11) is 0. The fraction of sp³-hybridized carbons (Fsp3) is 0.385. The Bertz CT molecular complexity index is 570. The van der Waals surface area contributed by atoms with Crippen LogP contribution in [0, 0.1) is 6.92 Å². The molecule has 1 aromatic carbocycles. The summed E-state index contributed by atoms with van der Waals surface area (Å²) in [6, 6.07) is 6.65. The Morgan fingerprint density at radius 3 is 2.72 bits per heavy atom. The van der Waals surface area contributed by atoms with Gasteiger partial charge >= 0.3 is 0 Å². The molecule has 1 saturated carbocycles. The van der Waals surface area contributed by atoms with Crippen LogP contribution in [-0.4, -0.2) is 19.9 Å². The van der Waals surface area contributed by atoms with E-state index < -0.39 is 0 Å². The van der Waals surface area contributed by atoms with E-state index in [1.807, 2.05) is 6.07 Å². The third-order valence-corrected chi connectivity index (χ3v) is 3.58. The van der Waals surface area contributed by atoms with Crippen molar-refractivity contribution in [1.29, 1.82) is 0 Å². The van der Waals surface area contributed by atoms with Crippen molar-refractivity contribution in [2.75, 3.05) is 0 Å². The highest BCUT2D eigenvalue weighted by molar-refractivity contribution is 9.10. The monoisotopic (exact) mass is 307 g/mol. The maximum absolute atomic E-state index is 9.33. The minimum absolute atomic E-state index is 0.0590. The highest BCUT2D eigenvalue weighted by Crippen LogP contribution is 2.39. The van der Waals surface area contributed by atoms with Gasteiger partial charge in [0.1, 0.15) is 6.61 Å². The van der Waals surface area contributed by atoms with Crippen molar-refractivity contribution in [2.24, 2.45) is 0 Å². The number of aliphatic hydroxyl groups is 1. The molecular weight excluding hydrogens is 294 g/mol. The third kappa shape index (κ3) is 2.08. The molecule has 0 unspecified atom stereocenters. The van der Waals surface area contributed by atoms with Crippen LogP contribution in [0.4, 0.5) is 0 Å². The number of hydrogen-bond acceptors (Lipinski definition) is 3. The molecule has 1 aliphatic rings. The molecule has 18 heavy (non-hydrogen) atoms. The largest absolute Gasteiger partial charge is 0.388 e. The summed E-state index contributed by atoms with van der Waals surface area (Å²) in [6.07, 6.45) is 2.29. The average Bonchev–Trinajstić information content (AvgIpc) is 3.07. The summed E-state index contributed by atoms with van der Waals surface area (Å²) in [5.74, 6) is 1.51. The summed E-state index contributed by atoms with van der Waals surface area (Å²) in [5.41, 5.74) is 2.22. The van der Waals surface area contributed by atoms with Gasteiger partial charge in [-0.15, -0.1) is 10.2 Å². The Balaban J connectivity index is 2.13. The standard InChI is InChI=1S/C13H14BrN3O/c1-8-4-9(6-10(14)5-8)13-16-15-12(7-18)17(13)11-2-3-11/h4-6,11,18H,2-3,7H2,1H3. The van der Waals surface area contributed by atoms with Crippen molar-refractivity contribution in [3.05, 3.63) is 34.1 Å². The van der Waals surface area contributed by atoms with Crippen LogP contribution >= 0.6 is 15.9 Å². The normalized spacial score (nSPS) is 15.1. The van der Waals surface area contributed by atoms with Crippen LogP contribution in [0.1, 0.15) is 30.3 Å². The zero-order chi connectivity index (χ0) is 12.7. The molecular formula is C13H14BrN3O. The van der Waals surface area contributed by atoms with Crippen molar-refractivity contribution >= 4 is 15.9 Å². The number of hydrogen-bond donors (Lipinski definition) is 1. The van der Waals surface area contributed by atoms with Gasteiger partial charge in [0, 0.05) is 16.1 Å². The van der Waals surface area contributed by atoms with E-state index in [0.717, 1.165) is 28.7 Å². The molecule has 4 nitrogen and oxygen atoms in total. The molecule has 0 amide bonds. The summed E-state index contributed by atoms with van der Waals surface area (Å²) in [4.78, 5) is 0. The molecule has 0 saturated heterocycles. The van der Waals surface area contributed by atoms with Crippen molar-refractivity contribution in [3.63, 3.8) is 0 Å². The first-order valence-corrected chi connectivity index (χ1v) is 6.80. The molecule has 0 spiro atoms. The minimum atomic E-state index is -0.0590. The molecule has 0 aliphatic heterocycles. The number of aromatic nitrogens is 3. The molecule has 94 valence electrons. The van der Waals surface area contributed by atoms with Gasteiger partial charge in [-0.3, -0.25) is 0 Å². The quantitative estimate of drug-likeness (QED) is 0.948. The smallest absolute Gasteiger partial charge is 0.164 e. The van der Waals surface area contributed by atoms with Crippen LogP contribution in [0.5, 0.6) is 0 Å². The molecule has 0 bridgehead atoms. The Kier molecular flexibility index (Phi) is 2.95. The van der Waals surface area contributed by atoms with Gasteiger partial charge in [-0.25, -0.2) is 0 Å². The van der Waals surface area contributed by atoms with Crippen molar-refractivity contribution in [1.82, 2.24) is 14.8 Å². The average molecular weight is 308 g/mol. The fourth-order valence-corrected chi connectivity index (χ4v) is 2.82. The first-order chi connectivity index (χ1) is 8.69. The maximum Gasteiger partial charge on any atom is 0.164 e. The Labute approximate surface area is 114 Å². The minimum Gasteiger partial charge on any atom is -0.388 e. The zero-order valence-electron chi connectivity index (χ0n) is 10.1. The van der Waals surface area contributed by atoms with Gasteiger partial charge in [-0.05, 0) is 43.5 Å². The molecule has 1 aliphatic carbocycles. The molecule has 2 aromatic rings. The summed E-state index contributed by atoms with van der Waals surface area (Å²) < 4.78 is 3.11. The number of rotatable bonds is 3. The van der Waals surface area contributed by atoms with Crippen LogP contribution < -0.4 is 0 Å². The predicted octanol–water partition coefficient (Wildman–Crippen LogP) is 2.84. The molecule has 1 heterocycles. The van der Waals surface area contributed by atoms with Crippen LogP contribution in [0.3, 0.4) is 0 Å². The van der Waals surface area contributed by atoms with E-state index in [0.29, 0.717) is 11.9 Å². The lowest BCUT2D eigenvalue weighted by atomic mass is 10.1. The summed E-state index contributed by atoms with van der Waals surface area (Å²) >= 11 is 3.50. The lowest BCUT2D eigenvalue weighted by Crippen LogP contribution is -2.03. The van der Waals surface area contributed by atoms with E-state index >= 15 is 0 Å². The molecule has 5 heteroatoms. The van der Waals surface area contributed by atoms with E-state index in [1.54, 1.807) is 0 Å². The maximum atomic E-state index is 9.33. The Hall–Kier alpha value is -1.20. The molecule has 0 radical (unpaired) electrons. The third-order valence-electron chi connectivity index (χ3n) is 3.12. The highest BCUT2D eigenvalue weighted by Gasteiger charge is 2.29. The molecule has 1 fully saturated rings. The van der Waals surface area contributed by atoms with Crippen molar-refractivity contribution < 1.29 is 5.11 Å². The first kappa shape index (κ1) is 11.9. The van der Waals surface area contributed by atoms with E-state index in [1.165, 1.54) is 5.56 Å². The van der Waals surface area contributed by atoms with Gasteiger partial charge in [0.15, 0.2) is 11.6 Å². The second-order valence-corrected chi connectivity index (χ2v) is 5.63. The number of benzene rings is 1. The second kappa shape index (κ2) is 4.48. The predicted molar refractivity (Wildman–Crippen MR) is 72.1 cm³/mol. The second-order valence-electron chi connectivity index (χ2n) is 4.72. The van der Waals surface area contributed by atoms with Crippen LogP contribution in [0.2, 0.25) is 0 Å². The Morgan fingerprint density at radius 1 is 1.33 bits per heavy atom. The van der Waals surface area contributed by atoms with Gasteiger partial charge in [-0.1, -0.05) is 15.9 Å².